The molecule has 0 amide bonds. The van der Waals surface area contributed by atoms with Crippen LogP contribution in [0.2, 0.25) is 0 Å². The van der Waals surface area contributed by atoms with Crippen molar-refractivity contribution in [2.45, 2.75) is 0 Å². The average Bonchev–Trinajstić information content (AvgIpc) is 2.49. The maximum Gasteiger partial charge on any atom is 0.335 e. The number of benzene rings is 2. The lowest BCUT2D eigenvalue weighted by molar-refractivity contribution is 0.0697. The highest BCUT2D eigenvalue weighted by Crippen LogP contribution is 2.26. The molecule has 3 aromatic rings. The molecular weight excluding hydrogens is 271 g/mol. The predicted octanol–water partition coefficient (Wildman–Crippen LogP) is 3.82. The number of carboxylic acid groups (broad SMARTS) is 1. The number of anilines is 2. The Labute approximate surface area is 119 Å². The number of halogens is 1. The van der Waals surface area contributed by atoms with Gasteiger partial charge in [0.05, 0.1) is 5.56 Å². The average molecular weight is 282 g/mol. The fourth-order valence-electron chi connectivity index (χ4n) is 2.13. The van der Waals surface area contributed by atoms with Crippen LogP contribution in [0.1, 0.15) is 10.4 Å². The molecule has 21 heavy (non-hydrogen) atoms. The molecular formula is C16H11FN2O2. The third kappa shape index (κ3) is 2.53. The third-order valence-electron chi connectivity index (χ3n) is 3.11. The SMILES string of the molecule is O=C(O)c1cccc(Nc2ccnc3c(F)cccc23)c1. The zero-order valence-corrected chi connectivity index (χ0v) is 10.9. The molecule has 0 saturated heterocycles. The van der Waals surface area contributed by atoms with Gasteiger partial charge in [-0.25, -0.2) is 9.18 Å². The van der Waals surface area contributed by atoms with Gasteiger partial charge in [0.15, 0.2) is 0 Å². The smallest absolute Gasteiger partial charge is 0.335 e. The lowest BCUT2D eigenvalue weighted by Gasteiger charge is -2.10. The van der Waals surface area contributed by atoms with Crippen LogP contribution in [0.5, 0.6) is 0 Å². The minimum absolute atomic E-state index is 0.185. The zero-order valence-electron chi connectivity index (χ0n) is 10.9. The van der Waals surface area contributed by atoms with Crippen LogP contribution in [-0.4, -0.2) is 16.1 Å². The van der Waals surface area contributed by atoms with Gasteiger partial charge >= 0.3 is 5.97 Å². The number of para-hydroxylation sites is 1. The first kappa shape index (κ1) is 13.1. The zero-order chi connectivity index (χ0) is 14.8. The molecule has 0 saturated carbocycles. The van der Waals surface area contributed by atoms with E-state index in [1.54, 1.807) is 30.3 Å². The maximum atomic E-state index is 13.7. The number of carboxylic acids is 1. The molecule has 4 nitrogen and oxygen atoms in total. The first-order valence-corrected chi connectivity index (χ1v) is 6.29. The normalized spacial score (nSPS) is 10.5. The van der Waals surface area contributed by atoms with Crippen molar-refractivity contribution in [1.82, 2.24) is 4.98 Å². The second-order valence-corrected chi connectivity index (χ2v) is 4.51. The number of pyridine rings is 1. The summed E-state index contributed by atoms with van der Waals surface area (Å²) in [5.74, 6) is -1.39. The van der Waals surface area contributed by atoms with Crippen LogP contribution in [0.25, 0.3) is 10.9 Å². The van der Waals surface area contributed by atoms with E-state index < -0.39 is 11.8 Å². The van der Waals surface area contributed by atoms with Gasteiger partial charge in [-0.05, 0) is 30.3 Å². The first-order valence-electron chi connectivity index (χ1n) is 6.29. The summed E-state index contributed by atoms with van der Waals surface area (Å²) in [4.78, 5) is 15.0. The molecule has 0 unspecified atom stereocenters. The van der Waals surface area contributed by atoms with Crippen molar-refractivity contribution in [2.24, 2.45) is 0 Å². The molecule has 1 heterocycles. The Balaban J connectivity index is 2.04. The highest BCUT2D eigenvalue weighted by atomic mass is 19.1. The minimum atomic E-state index is -0.996. The van der Waals surface area contributed by atoms with Gasteiger partial charge in [0.2, 0.25) is 0 Å². The van der Waals surface area contributed by atoms with Crippen LogP contribution < -0.4 is 5.32 Å². The highest BCUT2D eigenvalue weighted by Gasteiger charge is 2.07. The second-order valence-electron chi connectivity index (χ2n) is 4.51. The van der Waals surface area contributed by atoms with Crippen molar-refractivity contribution >= 4 is 28.2 Å². The molecule has 0 aliphatic heterocycles. The second kappa shape index (κ2) is 5.20. The molecule has 0 aliphatic carbocycles. The predicted molar refractivity (Wildman–Crippen MR) is 78.4 cm³/mol. The summed E-state index contributed by atoms with van der Waals surface area (Å²) in [6.45, 7) is 0. The lowest BCUT2D eigenvalue weighted by Crippen LogP contribution is -1.98. The Morgan fingerprint density at radius 2 is 1.95 bits per heavy atom. The van der Waals surface area contributed by atoms with Gasteiger partial charge in [-0.3, -0.25) is 4.98 Å². The topological polar surface area (TPSA) is 62.2 Å². The molecule has 2 N–H and O–H groups in total. The maximum absolute atomic E-state index is 13.7. The van der Waals surface area contributed by atoms with E-state index in [9.17, 15) is 9.18 Å². The molecule has 1 aromatic heterocycles. The van der Waals surface area contributed by atoms with E-state index in [2.05, 4.69) is 10.3 Å². The third-order valence-corrected chi connectivity index (χ3v) is 3.11. The quantitative estimate of drug-likeness (QED) is 0.766. The molecule has 2 aromatic carbocycles. The minimum Gasteiger partial charge on any atom is -0.478 e. The number of aromatic nitrogens is 1. The molecule has 0 spiro atoms. The molecule has 0 fully saturated rings. The van der Waals surface area contributed by atoms with Crippen LogP contribution in [0.15, 0.2) is 54.7 Å². The van der Waals surface area contributed by atoms with Gasteiger partial charge in [0.25, 0.3) is 0 Å². The van der Waals surface area contributed by atoms with Gasteiger partial charge in [0.1, 0.15) is 11.3 Å². The van der Waals surface area contributed by atoms with Gasteiger partial charge in [-0.1, -0.05) is 18.2 Å². The summed E-state index contributed by atoms with van der Waals surface area (Å²) in [6.07, 6.45) is 1.51. The summed E-state index contributed by atoms with van der Waals surface area (Å²) >= 11 is 0. The standard InChI is InChI=1S/C16H11FN2O2/c17-13-6-2-5-12-14(7-8-18-15(12)13)19-11-4-1-3-10(9-11)16(20)21/h1-9H,(H,18,19)(H,20,21). The molecule has 0 aliphatic rings. The van der Waals surface area contributed by atoms with E-state index in [0.29, 0.717) is 16.8 Å². The van der Waals surface area contributed by atoms with E-state index in [1.807, 2.05) is 0 Å². The van der Waals surface area contributed by atoms with Crippen LogP contribution in [-0.2, 0) is 0 Å². The number of carbonyl (C=O) groups is 1. The Morgan fingerprint density at radius 3 is 2.76 bits per heavy atom. The fraction of sp³-hybridized carbons (Fsp3) is 0. The van der Waals surface area contributed by atoms with Crippen molar-refractivity contribution in [2.75, 3.05) is 5.32 Å². The van der Waals surface area contributed by atoms with Crippen molar-refractivity contribution < 1.29 is 14.3 Å². The summed E-state index contributed by atoms with van der Waals surface area (Å²) in [7, 11) is 0. The van der Waals surface area contributed by atoms with Gasteiger partial charge in [-0.2, -0.15) is 0 Å². The van der Waals surface area contributed by atoms with E-state index in [0.717, 1.165) is 0 Å². The Kier molecular flexibility index (Phi) is 3.23. The Bertz CT molecular complexity index is 833. The van der Waals surface area contributed by atoms with Crippen molar-refractivity contribution in [3.05, 3.63) is 66.1 Å². The molecule has 0 bridgehead atoms. The Hall–Kier alpha value is -2.95. The molecule has 0 radical (unpaired) electrons. The van der Waals surface area contributed by atoms with Crippen molar-refractivity contribution in [1.29, 1.82) is 0 Å². The fourth-order valence-corrected chi connectivity index (χ4v) is 2.13. The molecule has 5 heteroatoms. The number of nitrogens with one attached hydrogen (secondary N) is 1. The summed E-state index contributed by atoms with van der Waals surface area (Å²) < 4.78 is 13.7. The van der Waals surface area contributed by atoms with Crippen LogP contribution in [0, 0.1) is 5.82 Å². The van der Waals surface area contributed by atoms with E-state index in [1.165, 1.54) is 24.4 Å². The van der Waals surface area contributed by atoms with Crippen LogP contribution in [0.3, 0.4) is 0 Å². The molecule has 0 atom stereocenters. The van der Waals surface area contributed by atoms with Gasteiger partial charge in [-0.15, -0.1) is 0 Å². The molecule has 104 valence electrons. The number of hydrogen-bond donors (Lipinski definition) is 2. The van der Waals surface area contributed by atoms with Crippen molar-refractivity contribution in [3.63, 3.8) is 0 Å². The number of fused-ring (bicyclic) bond motifs is 1. The van der Waals surface area contributed by atoms with E-state index in [4.69, 9.17) is 5.11 Å². The largest absolute Gasteiger partial charge is 0.478 e. The first-order chi connectivity index (χ1) is 10.1. The number of hydrogen-bond acceptors (Lipinski definition) is 3. The summed E-state index contributed by atoms with van der Waals surface area (Å²) in [6, 6.07) is 12.9. The number of aromatic carboxylic acids is 1. The number of rotatable bonds is 3. The van der Waals surface area contributed by atoms with E-state index >= 15 is 0 Å². The van der Waals surface area contributed by atoms with Crippen molar-refractivity contribution in [3.8, 4) is 0 Å². The summed E-state index contributed by atoms with van der Waals surface area (Å²) in [5, 5.41) is 12.7. The summed E-state index contributed by atoms with van der Waals surface area (Å²) in [5.41, 5.74) is 1.75. The lowest BCUT2D eigenvalue weighted by atomic mass is 10.1. The Morgan fingerprint density at radius 1 is 1.14 bits per heavy atom. The number of nitrogens with zero attached hydrogens (tertiary/aromatic N) is 1. The molecule has 3 rings (SSSR count). The van der Waals surface area contributed by atoms with Gasteiger partial charge < -0.3 is 10.4 Å². The van der Waals surface area contributed by atoms with Gasteiger partial charge in [0, 0.05) is 23.0 Å². The monoisotopic (exact) mass is 282 g/mol. The highest BCUT2D eigenvalue weighted by molar-refractivity contribution is 5.94. The van der Waals surface area contributed by atoms with E-state index in [-0.39, 0.29) is 11.1 Å². The van der Waals surface area contributed by atoms with Crippen LogP contribution >= 0.6 is 0 Å². The van der Waals surface area contributed by atoms with Crippen LogP contribution in [0.4, 0.5) is 15.8 Å².